The Hall–Kier alpha value is -3.01. The van der Waals surface area contributed by atoms with Crippen LogP contribution in [0.2, 0.25) is 0 Å². The van der Waals surface area contributed by atoms with Crippen LogP contribution in [0.1, 0.15) is 0 Å². The summed E-state index contributed by atoms with van der Waals surface area (Å²) in [6.45, 7) is 0. The van der Waals surface area contributed by atoms with Gasteiger partial charge in [-0.05, 0) is 46.8 Å². The van der Waals surface area contributed by atoms with Crippen molar-refractivity contribution >= 4 is 23.4 Å². The van der Waals surface area contributed by atoms with Crippen LogP contribution < -0.4 is 5.32 Å². The molecule has 3 aromatic rings. The number of carbonyl (C=O) groups excluding carboxylic acids is 1. The second kappa shape index (κ2) is 7.26. The SMILES string of the molecule is O=C(CSc1nnnn1-c1ccc(O)cc1)Nc1ccc(F)c(F)c1. The third kappa shape index (κ3) is 4.10. The van der Waals surface area contributed by atoms with Crippen LogP contribution in [-0.4, -0.2) is 37.0 Å². The molecule has 7 nitrogen and oxygen atoms in total. The number of amides is 1. The van der Waals surface area contributed by atoms with Gasteiger partial charge in [0.2, 0.25) is 11.1 Å². The molecule has 0 aliphatic heterocycles. The van der Waals surface area contributed by atoms with Gasteiger partial charge >= 0.3 is 0 Å². The Kier molecular flexibility index (Phi) is 4.89. The highest BCUT2D eigenvalue weighted by atomic mass is 32.2. The van der Waals surface area contributed by atoms with Gasteiger partial charge < -0.3 is 10.4 Å². The number of tetrazole rings is 1. The molecule has 0 saturated carbocycles. The zero-order valence-electron chi connectivity index (χ0n) is 12.6. The molecule has 0 aliphatic rings. The molecule has 1 amide bonds. The lowest BCUT2D eigenvalue weighted by Gasteiger charge is -2.06. The number of hydrogen-bond acceptors (Lipinski definition) is 6. The molecule has 0 atom stereocenters. The maximum atomic E-state index is 13.1. The van der Waals surface area contributed by atoms with Crippen molar-refractivity contribution in [1.29, 1.82) is 0 Å². The number of carbonyl (C=O) groups is 1. The minimum atomic E-state index is -1.04. The fourth-order valence-electron chi connectivity index (χ4n) is 1.93. The summed E-state index contributed by atoms with van der Waals surface area (Å²) in [5.74, 6) is -2.37. The zero-order chi connectivity index (χ0) is 17.8. The number of phenols is 1. The number of aromatic hydroxyl groups is 1. The summed E-state index contributed by atoms with van der Waals surface area (Å²) in [7, 11) is 0. The van der Waals surface area contributed by atoms with Gasteiger partial charge in [-0.15, -0.1) is 5.10 Å². The van der Waals surface area contributed by atoms with E-state index in [1.807, 2.05) is 0 Å². The molecule has 2 aromatic carbocycles. The number of nitrogens with one attached hydrogen (secondary N) is 1. The number of aromatic nitrogens is 4. The number of thioether (sulfide) groups is 1. The summed E-state index contributed by atoms with van der Waals surface area (Å²) in [5, 5.41) is 23.4. The van der Waals surface area contributed by atoms with Crippen molar-refractivity contribution in [2.75, 3.05) is 11.1 Å². The molecule has 2 N–H and O–H groups in total. The topological polar surface area (TPSA) is 92.9 Å². The summed E-state index contributed by atoms with van der Waals surface area (Å²) >= 11 is 1.07. The van der Waals surface area contributed by atoms with Crippen LogP contribution in [-0.2, 0) is 4.79 Å². The Morgan fingerprint density at radius 1 is 1.16 bits per heavy atom. The molecule has 1 heterocycles. The van der Waals surface area contributed by atoms with E-state index in [2.05, 4.69) is 20.8 Å². The number of nitrogens with zero attached hydrogens (tertiary/aromatic N) is 4. The summed E-state index contributed by atoms with van der Waals surface area (Å²) in [6.07, 6.45) is 0. The number of phenolic OH excluding ortho intramolecular Hbond substituents is 1. The molecule has 10 heteroatoms. The van der Waals surface area contributed by atoms with Crippen LogP contribution in [0.15, 0.2) is 47.6 Å². The fraction of sp³-hybridized carbons (Fsp3) is 0.0667. The van der Waals surface area contributed by atoms with E-state index >= 15 is 0 Å². The highest BCUT2D eigenvalue weighted by Crippen LogP contribution is 2.20. The monoisotopic (exact) mass is 363 g/mol. The fourth-order valence-corrected chi connectivity index (χ4v) is 2.62. The molecule has 128 valence electrons. The first-order valence-corrected chi connectivity index (χ1v) is 7.97. The van der Waals surface area contributed by atoms with Gasteiger partial charge in [0.15, 0.2) is 11.6 Å². The minimum absolute atomic E-state index is 0.0303. The third-order valence-electron chi connectivity index (χ3n) is 3.07. The number of rotatable bonds is 5. The Labute approximate surface area is 144 Å². The van der Waals surface area contributed by atoms with Crippen LogP contribution in [0.5, 0.6) is 5.75 Å². The standard InChI is InChI=1S/C15H11F2N5O2S/c16-12-6-1-9(7-13(12)17)18-14(24)8-25-15-19-20-21-22(15)10-2-4-11(23)5-3-10/h1-7,23H,8H2,(H,18,24). The molecule has 0 radical (unpaired) electrons. The molecule has 0 bridgehead atoms. The van der Waals surface area contributed by atoms with Crippen molar-refractivity contribution in [2.45, 2.75) is 5.16 Å². The van der Waals surface area contributed by atoms with E-state index in [0.717, 1.165) is 23.9 Å². The van der Waals surface area contributed by atoms with Gasteiger partial charge in [-0.25, -0.2) is 8.78 Å². The van der Waals surface area contributed by atoms with Crippen molar-refractivity contribution in [3.63, 3.8) is 0 Å². The molecule has 1 aromatic heterocycles. The Balaban J connectivity index is 1.64. The largest absolute Gasteiger partial charge is 0.508 e. The van der Waals surface area contributed by atoms with E-state index in [4.69, 9.17) is 0 Å². The first-order valence-electron chi connectivity index (χ1n) is 6.98. The van der Waals surface area contributed by atoms with Crippen LogP contribution in [0.4, 0.5) is 14.5 Å². The second-order valence-electron chi connectivity index (χ2n) is 4.86. The van der Waals surface area contributed by atoms with Gasteiger partial charge in [0.1, 0.15) is 5.75 Å². The van der Waals surface area contributed by atoms with Crippen LogP contribution >= 0.6 is 11.8 Å². The smallest absolute Gasteiger partial charge is 0.234 e. The van der Waals surface area contributed by atoms with Gasteiger partial charge in [0.05, 0.1) is 11.4 Å². The third-order valence-corrected chi connectivity index (χ3v) is 3.99. The zero-order valence-corrected chi connectivity index (χ0v) is 13.4. The lowest BCUT2D eigenvalue weighted by Crippen LogP contribution is -2.15. The first-order chi connectivity index (χ1) is 12.0. The van der Waals surface area contributed by atoms with E-state index in [0.29, 0.717) is 10.8 Å². The molecule has 0 fully saturated rings. The molecule has 0 saturated heterocycles. The molecular weight excluding hydrogens is 352 g/mol. The number of anilines is 1. The quantitative estimate of drug-likeness (QED) is 0.676. The van der Waals surface area contributed by atoms with Crippen molar-refractivity contribution in [2.24, 2.45) is 0 Å². The lowest BCUT2D eigenvalue weighted by molar-refractivity contribution is -0.113. The van der Waals surface area contributed by atoms with Crippen molar-refractivity contribution < 1.29 is 18.7 Å². The molecular formula is C15H11F2N5O2S. The van der Waals surface area contributed by atoms with Crippen LogP contribution in [0.25, 0.3) is 5.69 Å². The minimum Gasteiger partial charge on any atom is -0.508 e. The van der Waals surface area contributed by atoms with E-state index in [1.165, 1.54) is 22.9 Å². The number of hydrogen-bond donors (Lipinski definition) is 2. The van der Waals surface area contributed by atoms with E-state index in [9.17, 15) is 18.7 Å². The maximum Gasteiger partial charge on any atom is 0.234 e. The van der Waals surface area contributed by atoms with Crippen molar-refractivity contribution in [3.8, 4) is 11.4 Å². The van der Waals surface area contributed by atoms with Crippen molar-refractivity contribution in [3.05, 3.63) is 54.1 Å². The summed E-state index contributed by atoms with van der Waals surface area (Å²) in [5.41, 5.74) is 0.772. The summed E-state index contributed by atoms with van der Waals surface area (Å²) in [4.78, 5) is 11.9. The van der Waals surface area contributed by atoms with Gasteiger partial charge in [0, 0.05) is 11.8 Å². The average Bonchev–Trinajstić information content (AvgIpc) is 3.06. The highest BCUT2D eigenvalue weighted by Gasteiger charge is 2.12. The van der Waals surface area contributed by atoms with Crippen LogP contribution in [0.3, 0.4) is 0 Å². The van der Waals surface area contributed by atoms with Gasteiger partial charge in [-0.2, -0.15) is 4.68 Å². The highest BCUT2D eigenvalue weighted by molar-refractivity contribution is 7.99. The summed E-state index contributed by atoms with van der Waals surface area (Å²) in [6, 6.07) is 9.32. The molecule has 25 heavy (non-hydrogen) atoms. The predicted octanol–water partition coefficient (Wildman–Crippen LogP) is 2.38. The van der Waals surface area contributed by atoms with Gasteiger partial charge in [-0.3, -0.25) is 4.79 Å². The average molecular weight is 363 g/mol. The summed E-state index contributed by atoms with van der Waals surface area (Å²) < 4.78 is 27.4. The lowest BCUT2D eigenvalue weighted by atomic mass is 10.3. The van der Waals surface area contributed by atoms with Gasteiger partial charge in [-0.1, -0.05) is 11.8 Å². The first kappa shape index (κ1) is 16.8. The normalized spacial score (nSPS) is 10.6. The Bertz CT molecular complexity index is 901. The van der Waals surface area contributed by atoms with Crippen molar-refractivity contribution in [1.82, 2.24) is 20.2 Å². The van der Waals surface area contributed by atoms with E-state index in [-0.39, 0.29) is 17.2 Å². The molecule has 0 unspecified atom stereocenters. The number of benzene rings is 2. The maximum absolute atomic E-state index is 13.1. The predicted molar refractivity (Wildman–Crippen MR) is 86.5 cm³/mol. The molecule has 0 aliphatic carbocycles. The Morgan fingerprint density at radius 3 is 2.64 bits per heavy atom. The van der Waals surface area contributed by atoms with Gasteiger partial charge in [0.25, 0.3) is 0 Å². The second-order valence-corrected chi connectivity index (χ2v) is 5.80. The van der Waals surface area contributed by atoms with E-state index < -0.39 is 17.5 Å². The van der Waals surface area contributed by atoms with Crippen LogP contribution in [0, 0.1) is 11.6 Å². The number of halogens is 2. The molecule has 3 rings (SSSR count). The molecule has 0 spiro atoms. The van der Waals surface area contributed by atoms with E-state index in [1.54, 1.807) is 12.1 Å². The Morgan fingerprint density at radius 2 is 1.92 bits per heavy atom.